The molecule has 4 heteroatoms. The normalized spacial score (nSPS) is 17.4. The Balaban J connectivity index is 1.89. The van der Waals surface area contributed by atoms with Gasteiger partial charge >= 0.3 is 0 Å². The molecule has 1 aliphatic heterocycles. The molecule has 1 aliphatic rings. The van der Waals surface area contributed by atoms with Gasteiger partial charge in [-0.1, -0.05) is 17.7 Å². The average molecular weight is 264 g/mol. The smallest absolute Gasteiger partial charge is 0.0495 e. The van der Waals surface area contributed by atoms with Crippen molar-refractivity contribution in [3.05, 3.63) is 35.0 Å². The summed E-state index contributed by atoms with van der Waals surface area (Å²) in [5.74, 6) is 0. The quantitative estimate of drug-likeness (QED) is 0.897. The number of aromatic nitrogens is 1. The maximum atomic E-state index is 6.06. The van der Waals surface area contributed by atoms with E-state index in [1.807, 2.05) is 12.1 Å². The molecule has 18 heavy (non-hydrogen) atoms. The van der Waals surface area contributed by atoms with Crippen molar-refractivity contribution in [3.8, 4) is 0 Å². The van der Waals surface area contributed by atoms with E-state index in [0.29, 0.717) is 0 Å². The number of fused-ring (bicyclic) bond motifs is 1. The van der Waals surface area contributed by atoms with Crippen LogP contribution in [-0.2, 0) is 13.6 Å². The highest BCUT2D eigenvalue weighted by Crippen LogP contribution is 2.23. The minimum atomic E-state index is 0.803. The molecule has 2 aromatic rings. The van der Waals surface area contributed by atoms with Crippen molar-refractivity contribution in [3.63, 3.8) is 0 Å². The molecule has 0 aliphatic carbocycles. The van der Waals surface area contributed by atoms with Crippen molar-refractivity contribution < 1.29 is 0 Å². The van der Waals surface area contributed by atoms with E-state index in [-0.39, 0.29) is 0 Å². The summed E-state index contributed by atoms with van der Waals surface area (Å²) in [6, 6.07) is 8.36. The molecule has 2 heterocycles. The fourth-order valence-corrected chi connectivity index (χ4v) is 2.78. The van der Waals surface area contributed by atoms with Gasteiger partial charge in [-0.15, -0.1) is 0 Å². The van der Waals surface area contributed by atoms with Crippen molar-refractivity contribution >= 4 is 22.5 Å². The highest BCUT2D eigenvalue weighted by molar-refractivity contribution is 6.31. The van der Waals surface area contributed by atoms with Crippen LogP contribution in [0.2, 0.25) is 5.02 Å². The second-order valence-corrected chi connectivity index (χ2v) is 5.36. The first-order valence-corrected chi connectivity index (χ1v) is 6.79. The van der Waals surface area contributed by atoms with E-state index in [4.69, 9.17) is 11.6 Å². The molecule has 1 fully saturated rings. The van der Waals surface area contributed by atoms with Crippen LogP contribution in [0, 0.1) is 0 Å². The highest BCUT2D eigenvalue weighted by atomic mass is 35.5. The van der Waals surface area contributed by atoms with Crippen LogP contribution in [0.25, 0.3) is 10.9 Å². The number of rotatable bonds is 2. The van der Waals surface area contributed by atoms with Gasteiger partial charge in [-0.25, -0.2) is 0 Å². The topological polar surface area (TPSA) is 20.2 Å². The van der Waals surface area contributed by atoms with Crippen LogP contribution in [0.1, 0.15) is 5.69 Å². The summed E-state index contributed by atoms with van der Waals surface area (Å²) in [6.07, 6.45) is 0. The average Bonchev–Trinajstić information content (AvgIpc) is 2.68. The molecule has 0 unspecified atom stereocenters. The van der Waals surface area contributed by atoms with Crippen LogP contribution in [0.5, 0.6) is 0 Å². The Morgan fingerprint density at radius 2 is 2.00 bits per heavy atom. The summed E-state index contributed by atoms with van der Waals surface area (Å²) in [5.41, 5.74) is 2.57. The van der Waals surface area contributed by atoms with Crippen molar-refractivity contribution in [1.29, 1.82) is 0 Å². The molecule has 1 aromatic carbocycles. The molecule has 1 N–H and O–H groups in total. The first-order chi connectivity index (χ1) is 8.74. The SMILES string of the molecule is Cn1c(CN2CCNCC2)cc2ccc(Cl)cc21. The van der Waals surface area contributed by atoms with Gasteiger partial charge in [-0.05, 0) is 23.6 Å². The lowest BCUT2D eigenvalue weighted by atomic mass is 10.2. The van der Waals surface area contributed by atoms with Crippen molar-refractivity contribution in [2.45, 2.75) is 6.54 Å². The Bertz CT molecular complexity index is 555. The maximum Gasteiger partial charge on any atom is 0.0495 e. The Labute approximate surface area is 112 Å². The summed E-state index contributed by atoms with van der Waals surface area (Å²) in [4.78, 5) is 2.49. The fourth-order valence-electron chi connectivity index (χ4n) is 2.61. The largest absolute Gasteiger partial charge is 0.346 e. The summed E-state index contributed by atoms with van der Waals surface area (Å²) in [6.45, 7) is 5.46. The van der Waals surface area contributed by atoms with E-state index >= 15 is 0 Å². The summed E-state index contributed by atoms with van der Waals surface area (Å²) >= 11 is 6.06. The van der Waals surface area contributed by atoms with Gasteiger partial charge in [0.25, 0.3) is 0 Å². The monoisotopic (exact) mass is 263 g/mol. The van der Waals surface area contributed by atoms with Gasteiger partial charge in [0.15, 0.2) is 0 Å². The van der Waals surface area contributed by atoms with Crippen molar-refractivity contribution in [2.75, 3.05) is 26.2 Å². The van der Waals surface area contributed by atoms with Gasteiger partial charge in [-0.2, -0.15) is 0 Å². The number of aryl methyl sites for hydroxylation is 1. The molecule has 1 aromatic heterocycles. The molecule has 0 spiro atoms. The number of piperazine rings is 1. The molecular formula is C14H18ClN3. The number of nitrogens with one attached hydrogen (secondary N) is 1. The third kappa shape index (κ3) is 2.26. The van der Waals surface area contributed by atoms with E-state index < -0.39 is 0 Å². The molecule has 0 atom stereocenters. The minimum absolute atomic E-state index is 0.803. The van der Waals surface area contributed by atoms with Gasteiger partial charge in [0.05, 0.1) is 0 Å². The number of hydrogen-bond acceptors (Lipinski definition) is 2. The number of nitrogens with zero attached hydrogens (tertiary/aromatic N) is 2. The number of hydrogen-bond donors (Lipinski definition) is 1. The maximum absolute atomic E-state index is 6.06. The van der Waals surface area contributed by atoms with Crippen LogP contribution >= 0.6 is 11.6 Å². The number of benzene rings is 1. The Morgan fingerprint density at radius 3 is 2.78 bits per heavy atom. The lowest BCUT2D eigenvalue weighted by Crippen LogP contribution is -2.43. The standard InChI is InChI=1S/C14H18ClN3/c1-17-13(10-18-6-4-16-5-7-18)8-11-2-3-12(15)9-14(11)17/h2-3,8-9,16H,4-7,10H2,1H3. The third-order valence-corrected chi connectivity index (χ3v) is 3.94. The van der Waals surface area contributed by atoms with Crippen LogP contribution in [0.3, 0.4) is 0 Å². The first-order valence-electron chi connectivity index (χ1n) is 6.41. The molecular weight excluding hydrogens is 246 g/mol. The summed E-state index contributed by atoms with van der Waals surface area (Å²) in [5, 5.41) is 5.46. The van der Waals surface area contributed by atoms with E-state index in [1.54, 1.807) is 0 Å². The van der Waals surface area contributed by atoms with E-state index in [2.05, 4.69) is 34.0 Å². The van der Waals surface area contributed by atoms with Crippen LogP contribution < -0.4 is 5.32 Å². The van der Waals surface area contributed by atoms with Gasteiger partial charge in [0.1, 0.15) is 0 Å². The second kappa shape index (κ2) is 4.92. The van der Waals surface area contributed by atoms with E-state index in [1.165, 1.54) is 16.6 Å². The predicted molar refractivity (Wildman–Crippen MR) is 76.1 cm³/mol. The molecule has 3 rings (SSSR count). The zero-order chi connectivity index (χ0) is 12.5. The Morgan fingerprint density at radius 1 is 1.22 bits per heavy atom. The summed E-state index contributed by atoms with van der Waals surface area (Å²) in [7, 11) is 2.12. The van der Waals surface area contributed by atoms with Gasteiger partial charge in [-0.3, -0.25) is 4.90 Å². The fraction of sp³-hybridized carbons (Fsp3) is 0.429. The first kappa shape index (κ1) is 12.0. The third-order valence-electron chi connectivity index (χ3n) is 3.70. The molecule has 0 radical (unpaired) electrons. The zero-order valence-corrected chi connectivity index (χ0v) is 11.4. The van der Waals surface area contributed by atoms with Crippen molar-refractivity contribution in [2.24, 2.45) is 7.05 Å². The molecule has 3 nitrogen and oxygen atoms in total. The molecule has 1 saturated heterocycles. The van der Waals surface area contributed by atoms with E-state index in [9.17, 15) is 0 Å². The lowest BCUT2D eigenvalue weighted by molar-refractivity contribution is 0.229. The zero-order valence-electron chi connectivity index (χ0n) is 10.6. The van der Waals surface area contributed by atoms with E-state index in [0.717, 1.165) is 37.7 Å². The Kier molecular flexibility index (Phi) is 3.29. The molecule has 0 saturated carbocycles. The predicted octanol–water partition coefficient (Wildman–Crippen LogP) is 2.24. The molecule has 96 valence electrons. The van der Waals surface area contributed by atoms with Crippen LogP contribution in [0.15, 0.2) is 24.3 Å². The van der Waals surface area contributed by atoms with Gasteiger partial charge < -0.3 is 9.88 Å². The Hall–Kier alpha value is -1.03. The van der Waals surface area contributed by atoms with Crippen molar-refractivity contribution in [1.82, 2.24) is 14.8 Å². The lowest BCUT2D eigenvalue weighted by Gasteiger charge is -2.27. The number of halogens is 1. The molecule has 0 bridgehead atoms. The van der Waals surface area contributed by atoms with Gasteiger partial charge in [0, 0.05) is 56.0 Å². The molecule has 0 amide bonds. The highest BCUT2D eigenvalue weighted by Gasteiger charge is 2.13. The minimum Gasteiger partial charge on any atom is -0.346 e. The van der Waals surface area contributed by atoms with Crippen LogP contribution in [-0.4, -0.2) is 35.6 Å². The van der Waals surface area contributed by atoms with Gasteiger partial charge in [0.2, 0.25) is 0 Å². The summed E-state index contributed by atoms with van der Waals surface area (Å²) < 4.78 is 2.25. The van der Waals surface area contributed by atoms with Crippen LogP contribution in [0.4, 0.5) is 0 Å². The second-order valence-electron chi connectivity index (χ2n) is 4.92.